The Labute approximate surface area is 82.3 Å². The van der Waals surface area contributed by atoms with Crippen LogP contribution in [0.15, 0.2) is 0 Å². The quantitative estimate of drug-likeness (QED) is 0.657. The van der Waals surface area contributed by atoms with Gasteiger partial charge in [-0.25, -0.2) is 0 Å². The van der Waals surface area contributed by atoms with Gasteiger partial charge in [0.25, 0.3) is 0 Å². The molecular weight excluding hydrogens is 162 g/mol. The summed E-state index contributed by atoms with van der Waals surface area (Å²) in [5.74, 6) is 0.973. The standard InChI is InChI=1S/C9H17NO.C2H6/c1-7(2)9(11)8-4-5-10(3)6-8;1-2/h7-8H,4-6H2,1-3H3;1-2H3/t8-;/m1./s1. The van der Waals surface area contributed by atoms with Gasteiger partial charge >= 0.3 is 0 Å². The maximum atomic E-state index is 11.5. The minimum absolute atomic E-state index is 0.214. The molecule has 1 saturated heterocycles. The normalized spacial score (nSPS) is 22.8. The highest BCUT2D eigenvalue weighted by Gasteiger charge is 2.27. The van der Waals surface area contributed by atoms with E-state index in [0.717, 1.165) is 19.5 Å². The first-order valence-electron chi connectivity index (χ1n) is 5.33. The Hall–Kier alpha value is -0.370. The molecule has 13 heavy (non-hydrogen) atoms. The molecule has 0 aliphatic carbocycles. The van der Waals surface area contributed by atoms with E-state index in [9.17, 15) is 4.79 Å². The third-order valence-corrected chi connectivity index (χ3v) is 2.36. The molecule has 1 fully saturated rings. The Bertz CT molecular complexity index is 154. The lowest BCUT2D eigenvalue weighted by molar-refractivity contribution is -0.125. The van der Waals surface area contributed by atoms with Gasteiger partial charge in [-0.05, 0) is 20.0 Å². The van der Waals surface area contributed by atoms with Gasteiger partial charge in [0.1, 0.15) is 5.78 Å². The van der Waals surface area contributed by atoms with Crippen LogP contribution in [0.25, 0.3) is 0 Å². The molecule has 0 spiro atoms. The summed E-state index contributed by atoms with van der Waals surface area (Å²) in [5.41, 5.74) is 0. The van der Waals surface area contributed by atoms with Crippen molar-refractivity contribution in [2.75, 3.05) is 20.1 Å². The van der Waals surface area contributed by atoms with E-state index in [2.05, 4.69) is 11.9 Å². The van der Waals surface area contributed by atoms with Gasteiger partial charge in [0.2, 0.25) is 0 Å². The number of nitrogens with zero attached hydrogens (tertiary/aromatic N) is 1. The fourth-order valence-electron chi connectivity index (χ4n) is 1.64. The predicted molar refractivity (Wildman–Crippen MR) is 56.8 cm³/mol. The van der Waals surface area contributed by atoms with Crippen LogP contribution < -0.4 is 0 Å². The maximum absolute atomic E-state index is 11.5. The maximum Gasteiger partial charge on any atom is 0.139 e. The number of carbonyl (C=O) groups is 1. The molecular formula is C11H23NO. The zero-order valence-corrected chi connectivity index (χ0v) is 9.63. The fraction of sp³-hybridized carbons (Fsp3) is 0.909. The van der Waals surface area contributed by atoms with Crippen molar-refractivity contribution in [1.82, 2.24) is 4.90 Å². The highest BCUT2D eigenvalue weighted by atomic mass is 16.1. The van der Waals surface area contributed by atoms with E-state index in [4.69, 9.17) is 0 Å². The van der Waals surface area contributed by atoms with Crippen molar-refractivity contribution in [2.24, 2.45) is 11.8 Å². The average molecular weight is 185 g/mol. The molecule has 0 aromatic heterocycles. The summed E-state index contributed by atoms with van der Waals surface area (Å²) in [6.07, 6.45) is 1.06. The molecule has 0 saturated carbocycles. The Morgan fingerprint density at radius 1 is 1.38 bits per heavy atom. The first kappa shape index (κ1) is 12.6. The van der Waals surface area contributed by atoms with E-state index < -0.39 is 0 Å². The lowest BCUT2D eigenvalue weighted by Gasteiger charge is -2.11. The molecule has 1 atom stereocenters. The molecule has 0 amide bonds. The van der Waals surface area contributed by atoms with E-state index in [0.29, 0.717) is 11.7 Å². The van der Waals surface area contributed by atoms with Gasteiger partial charge in [-0.1, -0.05) is 27.7 Å². The second kappa shape index (κ2) is 6.14. The predicted octanol–water partition coefficient (Wildman–Crippen LogP) is 2.19. The van der Waals surface area contributed by atoms with Crippen LogP contribution >= 0.6 is 0 Å². The van der Waals surface area contributed by atoms with Crippen LogP contribution in [0.5, 0.6) is 0 Å². The van der Waals surface area contributed by atoms with E-state index >= 15 is 0 Å². The summed E-state index contributed by atoms with van der Waals surface area (Å²) in [4.78, 5) is 13.7. The van der Waals surface area contributed by atoms with E-state index in [1.54, 1.807) is 0 Å². The van der Waals surface area contributed by atoms with Crippen LogP contribution in [0.2, 0.25) is 0 Å². The van der Waals surface area contributed by atoms with E-state index in [1.165, 1.54) is 0 Å². The van der Waals surface area contributed by atoms with Crippen molar-refractivity contribution < 1.29 is 4.79 Å². The Morgan fingerprint density at radius 3 is 2.23 bits per heavy atom. The smallest absolute Gasteiger partial charge is 0.139 e. The largest absolute Gasteiger partial charge is 0.306 e. The van der Waals surface area contributed by atoms with Gasteiger partial charge in [-0.15, -0.1) is 0 Å². The first-order chi connectivity index (χ1) is 6.11. The van der Waals surface area contributed by atoms with E-state index in [-0.39, 0.29) is 5.92 Å². The van der Waals surface area contributed by atoms with Gasteiger partial charge in [-0.2, -0.15) is 0 Å². The molecule has 78 valence electrons. The number of ketones is 1. The molecule has 1 heterocycles. The molecule has 0 bridgehead atoms. The number of Topliss-reactive ketones (excluding diaryl/α,β-unsaturated/α-hetero) is 1. The van der Waals surface area contributed by atoms with Crippen molar-refractivity contribution in [3.05, 3.63) is 0 Å². The van der Waals surface area contributed by atoms with Gasteiger partial charge in [0.15, 0.2) is 0 Å². The summed E-state index contributed by atoms with van der Waals surface area (Å²) in [5, 5.41) is 0. The molecule has 1 aliphatic heterocycles. The Morgan fingerprint density at radius 2 is 1.92 bits per heavy atom. The highest BCUT2D eigenvalue weighted by molar-refractivity contribution is 5.83. The average Bonchev–Trinajstić information content (AvgIpc) is 2.54. The molecule has 0 aromatic carbocycles. The topological polar surface area (TPSA) is 20.3 Å². The zero-order valence-electron chi connectivity index (χ0n) is 9.63. The van der Waals surface area contributed by atoms with Crippen molar-refractivity contribution >= 4 is 5.78 Å². The first-order valence-corrected chi connectivity index (χ1v) is 5.33. The summed E-state index contributed by atoms with van der Waals surface area (Å²) in [7, 11) is 2.08. The zero-order chi connectivity index (χ0) is 10.4. The van der Waals surface area contributed by atoms with Crippen LogP contribution in [0.1, 0.15) is 34.1 Å². The lowest BCUT2D eigenvalue weighted by atomic mass is 9.95. The minimum atomic E-state index is 0.214. The Balaban J connectivity index is 0.000000671. The summed E-state index contributed by atoms with van der Waals surface area (Å²) >= 11 is 0. The van der Waals surface area contributed by atoms with Gasteiger partial charge in [-0.3, -0.25) is 4.79 Å². The van der Waals surface area contributed by atoms with Crippen molar-refractivity contribution in [2.45, 2.75) is 34.1 Å². The van der Waals surface area contributed by atoms with Crippen LogP contribution in [-0.4, -0.2) is 30.8 Å². The summed E-state index contributed by atoms with van der Waals surface area (Å²) in [6, 6.07) is 0. The summed E-state index contributed by atoms with van der Waals surface area (Å²) < 4.78 is 0. The van der Waals surface area contributed by atoms with Crippen LogP contribution in [-0.2, 0) is 4.79 Å². The summed E-state index contributed by atoms with van der Waals surface area (Å²) in [6.45, 7) is 10.0. The number of likely N-dealkylation sites (tertiary alicyclic amines) is 1. The lowest BCUT2D eigenvalue weighted by Crippen LogP contribution is -2.22. The molecule has 0 aromatic rings. The van der Waals surface area contributed by atoms with E-state index in [1.807, 2.05) is 27.7 Å². The van der Waals surface area contributed by atoms with Crippen LogP contribution in [0, 0.1) is 11.8 Å². The molecule has 2 heteroatoms. The van der Waals surface area contributed by atoms with Crippen LogP contribution in [0.3, 0.4) is 0 Å². The van der Waals surface area contributed by atoms with Crippen LogP contribution in [0.4, 0.5) is 0 Å². The number of hydrogen-bond acceptors (Lipinski definition) is 2. The minimum Gasteiger partial charge on any atom is -0.306 e. The molecule has 0 radical (unpaired) electrons. The molecule has 1 rings (SSSR count). The SMILES string of the molecule is CC.CC(C)C(=O)[C@@H]1CCN(C)C1. The number of rotatable bonds is 2. The van der Waals surface area contributed by atoms with Gasteiger partial charge < -0.3 is 4.90 Å². The fourth-order valence-corrected chi connectivity index (χ4v) is 1.64. The third-order valence-electron chi connectivity index (χ3n) is 2.36. The second-order valence-electron chi connectivity index (χ2n) is 3.80. The second-order valence-corrected chi connectivity index (χ2v) is 3.80. The highest BCUT2D eigenvalue weighted by Crippen LogP contribution is 2.18. The third kappa shape index (κ3) is 3.90. The number of hydrogen-bond donors (Lipinski definition) is 0. The molecule has 0 unspecified atom stereocenters. The number of carbonyl (C=O) groups excluding carboxylic acids is 1. The van der Waals surface area contributed by atoms with Gasteiger partial charge in [0, 0.05) is 18.4 Å². The molecule has 2 nitrogen and oxygen atoms in total. The molecule has 0 N–H and O–H groups in total. The Kier molecular flexibility index (Phi) is 5.97. The monoisotopic (exact) mass is 185 g/mol. The van der Waals surface area contributed by atoms with Gasteiger partial charge in [0.05, 0.1) is 0 Å². The van der Waals surface area contributed by atoms with Crippen molar-refractivity contribution in [1.29, 1.82) is 0 Å². The molecule has 1 aliphatic rings. The van der Waals surface area contributed by atoms with Crippen molar-refractivity contribution in [3.8, 4) is 0 Å². The van der Waals surface area contributed by atoms with Crippen molar-refractivity contribution in [3.63, 3.8) is 0 Å².